The monoisotopic (exact) mass is 403 g/mol. The van der Waals surface area contributed by atoms with E-state index in [2.05, 4.69) is 10.1 Å². The van der Waals surface area contributed by atoms with E-state index in [4.69, 9.17) is 9.26 Å². The number of alkyl halides is 3. The highest BCUT2D eigenvalue weighted by Gasteiger charge is 2.35. The van der Waals surface area contributed by atoms with Gasteiger partial charge in [-0.25, -0.2) is 0 Å². The van der Waals surface area contributed by atoms with Gasteiger partial charge in [0.15, 0.2) is 0 Å². The van der Waals surface area contributed by atoms with Gasteiger partial charge in [0.05, 0.1) is 18.6 Å². The summed E-state index contributed by atoms with van der Waals surface area (Å²) in [6.45, 7) is 0.343. The number of hydrogen-bond acceptors (Lipinski definition) is 5. The van der Waals surface area contributed by atoms with Crippen molar-refractivity contribution < 1.29 is 27.2 Å². The van der Waals surface area contributed by atoms with Crippen LogP contribution in [-0.2, 0) is 11.0 Å². The van der Waals surface area contributed by atoms with Gasteiger partial charge in [0.2, 0.25) is 17.6 Å². The SMILES string of the molecule is COc1ccc(N2C[C@@H](c3nc(-c4cccc(C(F)(F)F)c4)no3)CC2=O)cc1. The summed E-state index contributed by atoms with van der Waals surface area (Å²) >= 11 is 0. The second kappa shape index (κ2) is 7.23. The van der Waals surface area contributed by atoms with E-state index < -0.39 is 11.7 Å². The molecule has 0 N–H and O–H groups in total. The van der Waals surface area contributed by atoms with Crippen molar-refractivity contribution in [2.45, 2.75) is 18.5 Å². The first-order valence-corrected chi connectivity index (χ1v) is 8.81. The van der Waals surface area contributed by atoms with Gasteiger partial charge in [0, 0.05) is 24.2 Å². The van der Waals surface area contributed by atoms with E-state index in [9.17, 15) is 18.0 Å². The Kier molecular flexibility index (Phi) is 4.73. The molecule has 29 heavy (non-hydrogen) atoms. The van der Waals surface area contributed by atoms with Crippen molar-refractivity contribution in [2.24, 2.45) is 0 Å². The summed E-state index contributed by atoms with van der Waals surface area (Å²) in [7, 11) is 1.56. The van der Waals surface area contributed by atoms with Gasteiger partial charge in [-0.3, -0.25) is 4.79 Å². The Morgan fingerprint density at radius 3 is 2.62 bits per heavy atom. The van der Waals surface area contributed by atoms with Crippen molar-refractivity contribution in [1.82, 2.24) is 10.1 Å². The van der Waals surface area contributed by atoms with Gasteiger partial charge < -0.3 is 14.2 Å². The molecule has 2 aromatic carbocycles. The van der Waals surface area contributed by atoms with Gasteiger partial charge in [-0.15, -0.1) is 0 Å². The van der Waals surface area contributed by atoms with Crippen LogP contribution in [0, 0.1) is 0 Å². The second-order valence-electron chi connectivity index (χ2n) is 6.64. The predicted molar refractivity (Wildman–Crippen MR) is 97.4 cm³/mol. The molecule has 150 valence electrons. The molecule has 0 aliphatic carbocycles. The minimum absolute atomic E-state index is 0.0569. The largest absolute Gasteiger partial charge is 0.497 e. The molecule has 1 aliphatic heterocycles. The average molecular weight is 403 g/mol. The van der Waals surface area contributed by atoms with Gasteiger partial charge in [-0.05, 0) is 36.4 Å². The normalized spacial score (nSPS) is 17.0. The number of nitrogens with zero attached hydrogens (tertiary/aromatic N) is 3. The van der Waals surface area contributed by atoms with E-state index in [1.807, 2.05) is 0 Å². The molecule has 0 radical (unpaired) electrons. The molecule has 3 aromatic rings. The smallest absolute Gasteiger partial charge is 0.416 e. The molecule has 6 nitrogen and oxygen atoms in total. The summed E-state index contributed by atoms with van der Waals surface area (Å²) in [6.07, 6.45) is -4.28. The van der Waals surface area contributed by atoms with E-state index in [1.165, 1.54) is 12.1 Å². The van der Waals surface area contributed by atoms with Crippen molar-refractivity contribution in [3.63, 3.8) is 0 Å². The Morgan fingerprint density at radius 1 is 1.17 bits per heavy atom. The highest BCUT2D eigenvalue weighted by molar-refractivity contribution is 5.96. The number of ether oxygens (including phenoxy) is 1. The number of benzene rings is 2. The minimum atomic E-state index is -4.46. The average Bonchev–Trinajstić information content (AvgIpc) is 3.34. The van der Waals surface area contributed by atoms with Gasteiger partial charge in [0.25, 0.3) is 0 Å². The molecule has 0 spiro atoms. The highest BCUT2D eigenvalue weighted by atomic mass is 19.4. The van der Waals surface area contributed by atoms with Gasteiger partial charge >= 0.3 is 6.18 Å². The van der Waals surface area contributed by atoms with Crippen LogP contribution in [0.4, 0.5) is 18.9 Å². The first kappa shape index (κ1) is 19.0. The maximum absolute atomic E-state index is 12.9. The van der Waals surface area contributed by atoms with E-state index in [0.29, 0.717) is 12.3 Å². The van der Waals surface area contributed by atoms with Crippen molar-refractivity contribution in [1.29, 1.82) is 0 Å². The van der Waals surface area contributed by atoms with E-state index in [0.717, 1.165) is 17.8 Å². The number of methoxy groups -OCH3 is 1. The molecule has 1 aromatic heterocycles. The number of amides is 1. The summed E-state index contributed by atoms with van der Waals surface area (Å²) in [4.78, 5) is 18.3. The Hall–Kier alpha value is -3.36. The molecule has 1 saturated heterocycles. The summed E-state index contributed by atoms with van der Waals surface area (Å²) < 4.78 is 49.1. The fourth-order valence-electron chi connectivity index (χ4n) is 3.24. The van der Waals surface area contributed by atoms with E-state index in [1.54, 1.807) is 36.3 Å². The molecular weight excluding hydrogens is 387 g/mol. The Morgan fingerprint density at radius 2 is 1.93 bits per heavy atom. The standard InChI is InChI=1S/C20H16F3N3O3/c1-28-16-7-5-15(6-8-16)26-11-13(10-17(26)27)19-24-18(25-29-19)12-3-2-4-14(9-12)20(21,22)23/h2-9,13H,10-11H2,1H3/t13-/m0/s1. The molecule has 0 bridgehead atoms. The van der Waals surface area contributed by atoms with Gasteiger partial charge in [0.1, 0.15) is 5.75 Å². The summed E-state index contributed by atoms with van der Waals surface area (Å²) in [5.74, 6) is 0.526. The van der Waals surface area contributed by atoms with Crippen LogP contribution in [-0.4, -0.2) is 29.7 Å². The molecule has 1 fully saturated rings. The van der Waals surface area contributed by atoms with Crippen molar-refractivity contribution in [3.8, 4) is 17.1 Å². The van der Waals surface area contributed by atoms with E-state index >= 15 is 0 Å². The van der Waals surface area contributed by atoms with Crippen LogP contribution in [0.3, 0.4) is 0 Å². The van der Waals surface area contributed by atoms with Crippen LogP contribution in [0.5, 0.6) is 5.75 Å². The molecule has 1 amide bonds. The van der Waals surface area contributed by atoms with Crippen LogP contribution in [0.15, 0.2) is 53.1 Å². The Balaban J connectivity index is 1.53. The molecule has 1 atom stereocenters. The lowest BCUT2D eigenvalue weighted by Crippen LogP contribution is -2.24. The number of rotatable bonds is 4. The van der Waals surface area contributed by atoms with Crippen LogP contribution < -0.4 is 9.64 Å². The minimum Gasteiger partial charge on any atom is -0.497 e. The second-order valence-corrected chi connectivity index (χ2v) is 6.64. The Labute approximate surface area is 163 Å². The van der Waals surface area contributed by atoms with Gasteiger partial charge in [-0.1, -0.05) is 17.3 Å². The fraction of sp³-hybridized carbons (Fsp3) is 0.250. The third kappa shape index (κ3) is 3.80. The lowest BCUT2D eigenvalue weighted by Gasteiger charge is -2.16. The van der Waals surface area contributed by atoms with E-state index in [-0.39, 0.29) is 35.5 Å². The zero-order valence-electron chi connectivity index (χ0n) is 15.3. The summed E-state index contributed by atoms with van der Waals surface area (Å²) in [5.41, 5.74) is 0.130. The zero-order chi connectivity index (χ0) is 20.6. The third-order valence-electron chi connectivity index (χ3n) is 4.75. The summed E-state index contributed by atoms with van der Waals surface area (Å²) in [5, 5.41) is 3.80. The highest BCUT2D eigenvalue weighted by Crippen LogP contribution is 2.34. The van der Waals surface area contributed by atoms with Crippen LogP contribution in [0.1, 0.15) is 23.8 Å². The Bertz CT molecular complexity index is 1030. The van der Waals surface area contributed by atoms with Crippen molar-refractivity contribution >= 4 is 11.6 Å². The number of anilines is 1. The molecule has 0 saturated carbocycles. The van der Waals surface area contributed by atoms with Crippen LogP contribution >= 0.6 is 0 Å². The molecule has 1 aliphatic rings. The van der Waals surface area contributed by atoms with Crippen molar-refractivity contribution in [3.05, 3.63) is 60.0 Å². The maximum atomic E-state index is 12.9. The quantitative estimate of drug-likeness (QED) is 0.650. The lowest BCUT2D eigenvalue weighted by atomic mass is 10.1. The first-order valence-electron chi connectivity index (χ1n) is 8.81. The van der Waals surface area contributed by atoms with Gasteiger partial charge in [-0.2, -0.15) is 18.2 Å². The molecular formula is C20H16F3N3O3. The van der Waals surface area contributed by atoms with Crippen LogP contribution in [0.25, 0.3) is 11.4 Å². The van der Waals surface area contributed by atoms with Crippen LogP contribution in [0.2, 0.25) is 0 Å². The third-order valence-corrected chi connectivity index (χ3v) is 4.75. The number of carbonyl (C=O) groups is 1. The molecule has 9 heteroatoms. The number of hydrogen-bond donors (Lipinski definition) is 0. The summed E-state index contributed by atoms with van der Waals surface area (Å²) in [6, 6.07) is 11.8. The number of carbonyl (C=O) groups excluding carboxylic acids is 1. The molecule has 4 rings (SSSR count). The zero-order valence-corrected chi connectivity index (χ0v) is 15.3. The predicted octanol–water partition coefficient (Wildman–Crippen LogP) is 4.28. The maximum Gasteiger partial charge on any atom is 0.416 e. The first-order chi connectivity index (χ1) is 13.8. The molecule has 2 heterocycles. The van der Waals surface area contributed by atoms with Crippen molar-refractivity contribution in [2.75, 3.05) is 18.6 Å². The fourth-order valence-corrected chi connectivity index (χ4v) is 3.24. The molecule has 0 unspecified atom stereocenters. The topological polar surface area (TPSA) is 68.5 Å². The number of aromatic nitrogens is 2. The lowest BCUT2D eigenvalue weighted by molar-refractivity contribution is -0.137. The number of halogens is 3.